The van der Waals surface area contributed by atoms with Crippen LogP contribution in [0, 0.1) is 0 Å². The first-order valence-electron chi connectivity index (χ1n) is 9.47. The monoisotopic (exact) mass is 376 g/mol. The Balaban J connectivity index is 1.59. The number of ether oxygens (including phenoxy) is 1. The zero-order chi connectivity index (χ0) is 19.7. The Hall–Kier alpha value is -3.15. The summed E-state index contributed by atoms with van der Waals surface area (Å²) in [5, 5.41) is 3.97. The van der Waals surface area contributed by atoms with E-state index in [0.29, 0.717) is 6.42 Å². The van der Waals surface area contributed by atoms with E-state index in [0.717, 1.165) is 39.8 Å². The van der Waals surface area contributed by atoms with Crippen molar-refractivity contribution in [2.24, 2.45) is 0 Å². The van der Waals surface area contributed by atoms with Crippen LogP contribution in [0.25, 0.3) is 27.7 Å². The van der Waals surface area contributed by atoms with Gasteiger partial charge in [-0.3, -0.25) is 0 Å². The number of H-pyrrole nitrogens is 1. The molecule has 0 saturated carbocycles. The Morgan fingerprint density at radius 3 is 2.75 bits per heavy atom. The Morgan fingerprint density at radius 2 is 2.00 bits per heavy atom. The lowest BCUT2D eigenvalue weighted by Gasteiger charge is -2.21. The zero-order valence-corrected chi connectivity index (χ0v) is 16.3. The lowest BCUT2D eigenvalue weighted by molar-refractivity contribution is 0.0507. The van der Waals surface area contributed by atoms with Gasteiger partial charge in [-0.2, -0.15) is 0 Å². The maximum absolute atomic E-state index is 12.1. The van der Waals surface area contributed by atoms with Gasteiger partial charge in [0.2, 0.25) is 0 Å². The third-order valence-electron chi connectivity index (χ3n) is 4.69. The van der Waals surface area contributed by atoms with E-state index < -0.39 is 5.60 Å². The number of hydrogen-bond acceptors (Lipinski definition) is 4. The Kier molecular flexibility index (Phi) is 4.63. The first-order chi connectivity index (χ1) is 13.4. The van der Waals surface area contributed by atoms with Crippen LogP contribution < -0.4 is 5.32 Å². The molecule has 144 valence electrons. The SMILES string of the molecule is CC(C)(C)OC(=O)NC1CC=C(c2ncnc3[nH]cc(-c4ccccc4)c23)C1. The highest BCUT2D eigenvalue weighted by Gasteiger charge is 2.25. The third-order valence-corrected chi connectivity index (χ3v) is 4.69. The number of aromatic amines is 1. The molecule has 6 heteroatoms. The average molecular weight is 376 g/mol. The topological polar surface area (TPSA) is 79.9 Å². The molecule has 0 aliphatic heterocycles. The molecule has 2 heterocycles. The molecule has 0 saturated heterocycles. The van der Waals surface area contributed by atoms with Crippen molar-refractivity contribution in [2.45, 2.75) is 45.3 Å². The van der Waals surface area contributed by atoms with Gasteiger partial charge in [-0.15, -0.1) is 0 Å². The number of carbonyl (C=O) groups is 1. The molecular formula is C22H24N4O2. The molecule has 6 nitrogen and oxygen atoms in total. The number of carbonyl (C=O) groups excluding carboxylic acids is 1. The van der Waals surface area contributed by atoms with Crippen LogP contribution in [0.5, 0.6) is 0 Å². The largest absolute Gasteiger partial charge is 0.444 e. The van der Waals surface area contributed by atoms with E-state index in [2.05, 4.69) is 38.5 Å². The standard InChI is InChI=1S/C22H24N4O2/c1-22(2,3)28-21(27)26-16-10-9-15(11-16)19-18-17(14-7-5-4-6-8-14)12-23-20(18)25-13-24-19/h4-9,12-13,16H,10-11H2,1-3H3,(H,26,27)(H,23,24,25). The van der Waals surface area contributed by atoms with Gasteiger partial charge < -0.3 is 15.0 Å². The molecular weight excluding hydrogens is 352 g/mol. The second-order valence-corrected chi connectivity index (χ2v) is 8.03. The molecule has 0 spiro atoms. The Bertz CT molecular complexity index is 1030. The number of aromatic nitrogens is 3. The number of rotatable bonds is 3. The Labute approximate surface area is 164 Å². The van der Waals surface area contributed by atoms with Crippen LogP contribution in [-0.2, 0) is 4.74 Å². The summed E-state index contributed by atoms with van der Waals surface area (Å²) in [5.41, 5.74) is 4.53. The minimum Gasteiger partial charge on any atom is -0.444 e. The summed E-state index contributed by atoms with van der Waals surface area (Å²) in [6.07, 6.45) is 6.79. The van der Waals surface area contributed by atoms with Gasteiger partial charge >= 0.3 is 6.09 Å². The summed E-state index contributed by atoms with van der Waals surface area (Å²) in [4.78, 5) is 24.3. The first-order valence-corrected chi connectivity index (χ1v) is 9.47. The van der Waals surface area contributed by atoms with Gasteiger partial charge in [0, 0.05) is 17.8 Å². The molecule has 1 aromatic carbocycles. The molecule has 1 aliphatic rings. The maximum atomic E-state index is 12.1. The molecule has 0 fully saturated rings. The van der Waals surface area contributed by atoms with Gasteiger partial charge in [-0.25, -0.2) is 14.8 Å². The predicted octanol–water partition coefficient (Wildman–Crippen LogP) is 4.70. The lowest BCUT2D eigenvalue weighted by Crippen LogP contribution is -2.38. The third kappa shape index (κ3) is 3.76. The van der Waals surface area contributed by atoms with Crippen molar-refractivity contribution in [3.63, 3.8) is 0 Å². The second-order valence-electron chi connectivity index (χ2n) is 8.03. The number of nitrogens with one attached hydrogen (secondary N) is 2. The number of benzene rings is 1. The summed E-state index contributed by atoms with van der Waals surface area (Å²) in [7, 11) is 0. The van der Waals surface area contributed by atoms with Crippen molar-refractivity contribution < 1.29 is 9.53 Å². The van der Waals surface area contributed by atoms with Gasteiger partial charge in [0.15, 0.2) is 0 Å². The van der Waals surface area contributed by atoms with Crippen molar-refractivity contribution in [3.05, 3.63) is 54.6 Å². The number of hydrogen-bond donors (Lipinski definition) is 2. The predicted molar refractivity (Wildman–Crippen MR) is 110 cm³/mol. The molecule has 1 unspecified atom stereocenters. The fourth-order valence-corrected chi connectivity index (χ4v) is 3.55. The van der Waals surface area contributed by atoms with Crippen LogP contribution in [0.4, 0.5) is 4.79 Å². The van der Waals surface area contributed by atoms with Gasteiger partial charge in [-0.05, 0) is 44.7 Å². The van der Waals surface area contributed by atoms with E-state index in [-0.39, 0.29) is 12.1 Å². The summed E-state index contributed by atoms with van der Waals surface area (Å²) >= 11 is 0. The van der Waals surface area contributed by atoms with Crippen LogP contribution in [-0.4, -0.2) is 32.7 Å². The van der Waals surface area contributed by atoms with Crippen LogP contribution in [0.15, 0.2) is 48.9 Å². The highest BCUT2D eigenvalue weighted by Crippen LogP contribution is 2.36. The van der Waals surface area contributed by atoms with Crippen LogP contribution >= 0.6 is 0 Å². The van der Waals surface area contributed by atoms with E-state index >= 15 is 0 Å². The van der Waals surface area contributed by atoms with Gasteiger partial charge in [0.1, 0.15) is 17.6 Å². The molecule has 2 N–H and O–H groups in total. The highest BCUT2D eigenvalue weighted by atomic mass is 16.6. The van der Waals surface area contributed by atoms with Crippen molar-refractivity contribution in [1.82, 2.24) is 20.3 Å². The van der Waals surface area contributed by atoms with E-state index in [1.807, 2.05) is 45.2 Å². The Morgan fingerprint density at radius 1 is 1.21 bits per heavy atom. The molecule has 1 amide bonds. The smallest absolute Gasteiger partial charge is 0.407 e. The maximum Gasteiger partial charge on any atom is 0.407 e. The quantitative estimate of drug-likeness (QED) is 0.695. The summed E-state index contributed by atoms with van der Waals surface area (Å²) in [6.45, 7) is 5.58. The van der Waals surface area contributed by atoms with E-state index in [9.17, 15) is 4.79 Å². The van der Waals surface area contributed by atoms with Crippen molar-refractivity contribution in [3.8, 4) is 11.1 Å². The summed E-state index contributed by atoms with van der Waals surface area (Å²) < 4.78 is 5.37. The molecule has 1 atom stereocenters. The normalized spacial score (nSPS) is 16.8. The van der Waals surface area contributed by atoms with E-state index in [1.54, 1.807) is 6.33 Å². The first kappa shape index (κ1) is 18.2. The molecule has 0 radical (unpaired) electrons. The zero-order valence-electron chi connectivity index (χ0n) is 16.3. The summed E-state index contributed by atoms with van der Waals surface area (Å²) in [5.74, 6) is 0. The lowest BCUT2D eigenvalue weighted by atomic mass is 10.0. The molecule has 3 aromatic rings. The number of amides is 1. The second kappa shape index (κ2) is 7.11. The molecule has 4 rings (SSSR count). The van der Waals surface area contributed by atoms with Crippen molar-refractivity contribution in [1.29, 1.82) is 0 Å². The molecule has 2 aromatic heterocycles. The van der Waals surface area contributed by atoms with E-state index in [4.69, 9.17) is 4.74 Å². The minimum absolute atomic E-state index is 0.00832. The summed E-state index contributed by atoms with van der Waals surface area (Å²) in [6, 6.07) is 10.2. The fourth-order valence-electron chi connectivity index (χ4n) is 3.55. The fraction of sp³-hybridized carbons (Fsp3) is 0.318. The van der Waals surface area contributed by atoms with Crippen molar-refractivity contribution in [2.75, 3.05) is 0 Å². The highest BCUT2D eigenvalue weighted by molar-refractivity contribution is 6.00. The van der Waals surface area contributed by atoms with Gasteiger partial charge in [0.05, 0.1) is 11.1 Å². The van der Waals surface area contributed by atoms with Crippen LogP contribution in [0.3, 0.4) is 0 Å². The minimum atomic E-state index is -0.506. The van der Waals surface area contributed by atoms with Gasteiger partial charge in [-0.1, -0.05) is 36.4 Å². The van der Waals surface area contributed by atoms with Crippen LogP contribution in [0.1, 0.15) is 39.3 Å². The molecule has 1 aliphatic carbocycles. The molecule has 28 heavy (non-hydrogen) atoms. The molecule has 0 bridgehead atoms. The van der Waals surface area contributed by atoms with E-state index in [1.165, 1.54) is 0 Å². The number of fused-ring (bicyclic) bond motifs is 1. The average Bonchev–Trinajstić information content (AvgIpc) is 3.27. The van der Waals surface area contributed by atoms with Crippen molar-refractivity contribution >= 4 is 22.7 Å². The number of nitrogens with zero attached hydrogens (tertiary/aromatic N) is 2. The van der Waals surface area contributed by atoms with Crippen LogP contribution in [0.2, 0.25) is 0 Å². The number of alkyl carbamates (subject to hydrolysis) is 1. The van der Waals surface area contributed by atoms with Gasteiger partial charge in [0.25, 0.3) is 0 Å².